The van der Waals surface area contributed by atoms with Crippen molar-refractivity contribution in [2.24, 2.45) is 5.92 Å². The molecule has 14 heavy (non-hydrogen) atoms. The van der Waals surface area contributed by atoms with Gasteiger partial charge in [0.1, 0.15) is 6.29 Å². The molecule has 0 heterocycles. The van der Waals surface area contributed by atoms with Crippen molar-refractivity contribution in [3.8, 4) is 0 Å². The van der Waals surface area contributed by atoms with Gasteiger partial charge in [0.15, 0.2) is 0 Å². The first-order valence-corrected chi connectivity index (χ1v) is 5.89. The molecule has 0 saturated carbocycles. The van der Waals surface area contributed by atoms with Crippen molar-refractivity contribution >= 4 is 6.29 Å². The zero-order valence-corrected chi connectivity index (χ0v) is 9.37. The number of aliphatic hydroxyl groups is 1. The SMILES string of the molecule is CCCCC(CO)CCCCCC=O. The lowest BCUT2D eigenvalue weighted by Gasteiger charge is -2.12. The van der Waals surface area contributed by atoms with Crippen molar-refractivity contribution in [1.82, 2.24) is 0 Å². The molecule has 0 radical (unpaired) electrons. The summed E-state index contributed by atoms with van der Waals surface area (Å²) >= 11 is 0. The minimum Gasteiger partial charge on any atom is -0.396 e. The number of hydrogen-bond donors (Lipinski definition) is 1. The largest absolute Gasteiger partial charge is 0.396 e. The van der Waals surface area contributed by atoms with E-state index in [2.05, 4.69) is 6.92 Å². The van der Waals surface area contributed by atoms with Crippen LogP contribution in [0, 0.1) is 5.92 Å². The molecule has 0 aromatic carbocycles. The molecule has 84 valence electrons. The molecule has 0 aliphatic carbocycles. The van der Waals surface area contributed by atoms with Crippen molar-refractivity contribution in [2.75, 3.05) is 6.61 Å². The van der Waals surface area contributed by atoms with Gasteiger partial charge in [0.25, 0.3) is 0 Å². The average Bonchev–Trinajstić information content (AvgIpc) is 2.22. The van der Waals surface area contributed by atoms with Crippen molar-refractivity contribution in [3.63, 3.8) is 0 Å². The number of rotatable bonds is 10. The van der Waals surface area contributed by atoms with Crippen LogP contribution in [0.1, 0.15) is 58.3 Å². The maximum Gasteiger partial charge on any atom is 0.119 e. The van der Waals surface area contributed by atoms with Crippen LogP contribution in [-0.4, -0.2) is 18.0 Å². The first-order valence-electron chi connectivity index (χ1n) is 5.89. The lowest BCUT2D eigenvalue weighted by Crippen LogP contribution is -2.05. The zero-order chi connectivity index (χ0) is 10.6. The number of unbranched alkanes of at least 4 members (excludes halogenated alkanes) is 4. The number of carbonyl (C=O) groups is 1. The first kappa shape index (κ1) is 13.6. The second-order valence-electron chi connectivity index (χ2n) is 4.00. The van der Waals surface area contributed by atoms with Crippen LogP contribution in [0.2, 0.25) is 0 Å². The van der Waals surface area contributed by atoms with Gasteiger partial charge in [0.05, 0.1) is 0 Å². The molecule has 1 atom stereocenters. The standard InChI is InChI=1S/C12H24O2/c1-2-3-8-12(11-14)9-6-4-5-7-10-13/h10,12,14H,2-9,11H2,1H3. The molecular weight excluding hydrogens is 176 g/mol. The van der Waals surface area contributed by atoms with Crippen LogP contribution in [0.4, 0.5) is 0 Å². The van der Waals surface area contributed by atoms with Crippen LogP contribution in [0.5, 0.6) is 0 Å². The van der Waals surface area contributed by atoms with E-state index in [-0.39, 0.29) is 0 Å². The van der Waals surface area contributed by atoms with E-state index in [0.717, 1.165) is 38.4 Å². The molecule has 0 spiro atoms. The van der Waals surface area contributed by atoms with Crippen LogP contribution in [0.15, 0.2) is 0 Å². The minimum absolute atomic E-state index is 0.327. The molecule has 0 rings (SSSR count). The average molecular weight is 200 g/mol. The summed E-state index contributed by atoms with van der Waals surface area (Å²) in [7, 11) is 0. The second kappa shape index (κ2) is 10.7. The van der Waals surface area contributed by atoms with E-state index in [1.54, 1.807) is 0 Å². The molecule has 2 heteroatoms. The van der Waals surface area contributed by atoms with Crippen molar-refractivity contribution < 1.29 is 9.90 Å². The molecule has 1 unspecified atom stereocenters. The monoisotopic (exact) mass is 200 g/mol. The van der Waals surface area contributed by atoms with Gasteiger partial charge >= 0.3 is 0 Å². The highest BCUT2D eigenvalue weighted by atomic mass is 16.3. The Labute approximate surface area is 87.7 Å². The Morgan fingerprint density at radius 1 is 1.14 bits per heavy atom. The summed E-state index contributed by atoms with van der Waals surface area (Å²) in [5.74, 6) is 0.492. The lowest BCUT2D eigenvalue weighted by atomic mass is 9.96. The molecule has 0 aromatic rings. The van der Waals surface area contributed by atoms with E-state index in [4.69, 9.17) is 5.11 Å². The number of carbonyl (C=O) groups excluding carboxylic acids is 1. The fourth-order valence-corrected chi connectivity index (χ4v) is 1.66. The van der Waals surface area contributed by atoms with E-state index in [0.29, 0.717) is 18.9 Å². The molecule has 0 bridgehead atoms. The number of hydrogen-bond acceptors (Lipinski definition) is 2. The summed E-state index contributed by atoms with van der Waals surface area (Å²) in [6.07, 6.45) is 9.68. The first-order chi connectivity index (χ1) is 6.85. The minimum atomic E-state index is 0.327. The summed E-state index contributed by atoms with van der Waals surface area (Å²) < 4.78 is 0. The van der Waals surface area contributed by atoms with Gasteiger partial charge in [0, 0.05) is 13.0 Å². The van der Waals surface area contributed by atoms with Crippen LogP contribution in [0.25, 0.3) is 0 Å². The molecule has 0 saturated heterocycles. The maximum atomic E-state index is 10.1. The third-order valence-corrected chi connectivity index (χ3v) is 2.66. The van der Waals surface area contributed by atoms with E-state index in [9.17, 15) is 4.79 Å². The van der Waals surface area contributed by atoms with Crippen LogP contribution in [0.3, 0.4) is 0 Å². The van der Waals surface area contributed by atoms with E-state index in [1.165, 1.54) is 12.8 Å². The molecule has 0 aliphatic rings. The van der Waals surface area contributed by atoms with Crippen molar-refractivity contribution in [1.29, 1.82) is 0 Å². The van der Waals surface area contributed by atoms with Gasteiger partial charge < -0.3 is 9.90 Å². The third kappa shape index (κ3) is 8.24. The quantitative estimate of drug-likeness (QED) is 0.435. The Hall–Kier alpha value is -0.370. The Morgan fingerprint density at radius 3 is 2.43 bits per heavy atom. The van der Waals surface area contributed by atoms with Crippen molar-refractivity contribution in [2.45, 2.75) is 58.3 Å². The van der Waals surface area contributed by atoms with E-state index in [1.807, 2.05) is 0 Å². The van der Waals surface area contributed by atoms with Crippen LogP contribution < -0.4 is 0 Å². The number of aliphatic hydroxyl groups excluding tert-OH is 1. The third-order valence-electron chi connectivity index (χ3n) is 2.66. The van der Waals surface area contributed by atoms with Gasteiger partial charge in [-0.05, 0) is 25.2 Å². The Kier molecular flexibility index (Phi) is 10.4. The van der Waals surface area contributed by atoms with Crippen molar-refractivity contribution in [3.05, 3.63) is 0 Å². The fraction of sp³-hybridized carbons (Fsp3) is 0.917. The summed E-state index contributed by atoms with van der Waals surface area (Å²) in [4.78, 5) is 10.1. The zero-order valence-electron chi connectivity index (χ0n) is 9.37. The predicted octanol–water partition coefficient (Wildman–Crippen LogP) is 2.93. The highest BCUT2D eigenvalue weighted by molar-refractivity contribution is 5.48. The normalized spacial score (nSPS) is 12.7. The van der Waals surface area contributed by atoms with E-state index >= 15 is 0 Å². The molecule has 0 amide bonds. The van der Waals surface area contributed by atoms with Gasteiger partial charge in [-0.3, -0.25) is 0 Å². The van der Waals surface area contributed by atoms with Gasteiger partial charge in [-0.2, -0.15) is 0 Å². The molecule has 0 aliphatic heterocycles. The fourth-order valence-electron chi connectivity index (χ4n) is 1.66. The smallest absolute Gasteiger partial charge is 0.119 e. The molecule has 1 N–H and O–H groups in total. The Morgan fingerprint density at radius 2 is 1.86 bits per heavy atom. The molecular formula is C12H24O2. The maximum absolute atomic E-state index is 10.1. The summed E-state index contributed by atoms with van der Waals surface area (Å²) in [6.45, 7) is 2.51. The lowest BCUT2D eigenvalue weighted by molar-refractivity contribution is -0.107. The predicted molar refractivity (Wildman–Crippen MR) is 59.2 cm³/mol. The topological polar surface area (TPSA) is 37.3 Å². The highest BCUT2D eigenvalue weighted by Gasteiger charge is 2.05. The summed E-state index contributed by atoms with van der Waals surface area (Å²) in [6, 6.07) is 0. The molecule has 0 aromatic heterocycles. The van der Waals surface area contributed by atoms with Gasteiger partial charge in [-0.1, -0.05) is 32.6 Å². The van der Waals surface area contributed by atoms with E-state index < -0.39 is 0 Å². The van der Waals surface area contributed by atoms with Gasteiger partial charge in [-0.25, -0.2) is 0 Å². The van der Waals surface area contributed by atoms with Gasteiger partial charge in [-0.15, -0.1) is 0 Å². The highest BCUT2D eigenvalue weighted by Crippen LogP contribution is 2.16. The number of aldehydes is 1. The summed E-state index contributed by atoms with van der Waals surface area (Å²) in [5.41, 5.74) is 0. The van der Waals surface area contributed by atoms with Crippen LogP contribution in [-0.2, 0) is 4.79 Å². The summed E-state index contributed by atoms with van der Waals surface area (Å²) in [5, 5.41) is 9.10. The molecule has 2 nitrogen and oxygen atoms in total. The van der Waals surface area contributed by atoms with Crippen LogP contribution >= 0.6 is 0 Å². The Balaban J connectivity index is 3.28. The van der Waals surface area contributed by atoms with Gasteiger partial charge in [0.2, 0.25) is 0 Å². The molecule has 0 fully saturated rings. The Bertz CT molecular complexity index is 123. The second-order valence-corrected chi connectivity index (χ2v) is 4.00.